The molecular weight excluding hydrogens is 236 g/mol. The summed E-state index contributed by atoms with van der Waals surface area (Å²) in [7, 11) is 0. The van der Waals surface area contributed by atoms with Crippen molar-refractivity contribution in [1.82, 2.24) is 4.98 Å². The van der Waals surface area contributed by atoms with Gasteiger partial charge in [0.05, 0.1) is 5.56 Å². The molecule has 0 spiro atoms. The molecule has 3 nitrogen and oxygen atoms in total. The Kier molecular flexibility index (Phi) is 3.73. The van der Waals surface area contributed by atoms with E-state index in [0.29, 0.717) is 17.1 Å². The van der Waals surface area contributed by atoms with Crippen molar-refractivity contribution in [2.75, 3.05) is 5.32 Å². The number of nitrogens with zero attached hydrogens (tertiary/aromatic N) is 1. The molecule has 0 amide bonds. The van der Waals surface area contributed by atoms with Gasteiger partial charge >= 0.3 is 0 Å². The molecule has 1 heterocycles. The number of hydrogen-bond acceptors (Lipinski definition) is 3. The summed E-state index contributed by atoms with van der Waals surface area (Å²) in [6.07, 6.45) is 3.97. The normalized spacial score (nSPS) is 9.94. The molecule has 17 heavy (non-hydrogen) atoms. The van der Waals surface area contributed by atoms with Crippen LogP contribution in [0.4, 0.5) is 5.69 Å². The van der Waals surface area contributed by atoms with Gasteiger partial charge in [0.25, 0.3) is 0 Å². The summed E-state index contributed by atoms with van der Waals surface area (Å²) in [4.78, 5) is 14.7. The van der Waals surface area contributed by atoms with Crippen LogP contribution in [0.5, 0.6) is 0 Å². The molecule has 0 saturated carbocycles. The van der Waals surface area contributed by atoms with Gasteiger partial charge in [0.15, 0.2) is 6.29 Å². The number of aldehydes is 1. The van der Waals surface area contributed by atoms with Gasteiger partial charge in [0.1, 0.15) is 0 Å². The third kappa shape index (κ3) is 3.04. The van der Waals surface area contributed by atoms with Gasteiger partial charge in [-0.05, 0) is 23.8 Å². The second kappa shape index (κ2) is 5.46. The maximum atomic E-state index is 10.8. The number of aromatic nitrogens is 1. The number of carbonyl (C=O) groups is 1. The van der Waals surface area contributed by atoms with E-state index < -0.39 is 0 Å². The van der Waals surface area contributed by atoms with Crippen LogP contribution in [-0.2, 0) is 6.54 Å². The fourth-order valence-electron chi connectivity index (χ4n) is 1.51. The van der Waals surface area contributed by atoms with Gasteiger partial charge in [-0.3, -0.25) is 9.78 Å². The molecule has 0 bridgehead atoms. The topological polar surface area (TPSA) is 42.0 Å². The third-order valence-corrected chi connectivity index (χ3v) is 2.59. The largest absolute Gasteiger partial charge is 0.380 e. The molecule has 1 aromatic heterocycles. The highest BCUT2D eigenvalue weighted by Crippen LogP contribution is 2.15. The van der Waals surface area contributed by atoms with Crippen LogP contribution in [0.15, 0.2) is 42.7 Å². The predicted molar refractivity (Wildman–Crippen MR) is 68.4 cm³/mol. The highest BCUT2D eigenvalue weighted by Gasteiger charge is 2.00. The van der Waals surface area contributed by atoms with Crippen LogP contribution in [0.1, 0.15) is 15.9 Å². The average molecular weight is 247 g/mol. The molecule has 2 aromatic rings. The first-order chi connectivity index (χ1) is 8.29. The van der Waals surface area contributed by atoms with Crippen LogP contribution in [0, 0.1) is 0 Å². The number of pyridine rings is 1. The highest BCUT2D eigenvalue weighted by molar-refractivity contribution is 6.30. The van der Waals surface area contributed by atoms with E-state index in [2.05, 4.69) is 10.3 Å². The Morgan fingerprint density at radius 1 is 1.35 bits per heavy atom. The summed E-state index contributed by atoms with van der Waals surface area (Å²) < 4.78 is 0. The van der Waals surface area contributed by atoms with Crippen molar-refractivity contribution in [2.24, 2.45) is 0 Å². The van der Waals surface area contributed by atoms with E-state index in [1.54, 1.807) is 12.3 Å². The summed E-state index contributed by atoms with van der Waals surface area (Å²) in [6, 6.07) is 9.35. The van der Waals surface area contributed by atoms with Crippen LogP contribution in [0.25, 0.3) is 0 Å². The Morgan fingerprint density at radius 2 is 2.24 bits per heavy atom. The van der Waals surface area contributed by atoms with Gasteiger partial charge in [-0.1, -0.05) is 23.7 Å². The van der Waals surface area contributed by atoms with Crippen molar-refractivity contribution in [2.45, 2.75) is 6.54 Å². The standard InChI is InChI=1S/C13H11ClN2O/c14-12-3-1-2-10(6-12)7-16-13-4-5-15-8-11(13)9-17/h1-6,8-9H,7H2,(H,15,16). The predicted octanol–water partition coefficient (Wildman–Crippen LogP) is 3.16. The molecule has 0 aliphatic carbocycles. The van der Waals surface area contributed by atoms with Crippen molar-refractivity contribution >= 4 is 23.6 Å². The maximum absolute atomic E-state index is 10.8. The molecule has 0 atom stereocenters. The molecule has 2 rings (SSSR count). The highest BCUT2D eigenvalue weighted by atomic mass is 35.5. The zero-order chi connectivity index (χ0) is 12.1. The zero-order valence-corrected chi connectivity index (χ0v) is 9.82. The second-order valence-electron chi connectivity index (χ2n) is 3.56. The minimum absolute atomic E-state index is 0.550. The van der Waals surface area contributed by atoms with Gasteiger partial charge < -0.3 is 5.32 Å². The second-order valence-corrected chi connectivity index (χ2v) is 4.00. The fourth-order valence-corrected chi connectivity index (χ4v) is 1.72. The molecule has 0 saturated heterocycles. The van der Waals surface area contributed by atoms with Gasteiger partial charge in [0.2, 0.25) is 0 Å². The lowest BCUT2D eigenvalue weighted by atomic mass is 10.2. The third-order valence-electron chi connectivity index (χ3n) is 2.35. The Hall–Kier alpha value is -1.87. The lowest BCUT2D eigenvalue weighted by Crippen LogP contribution is -2.02. The number of hydrogen-bond donors (Lipinski definition) is 1. The van der Waals surface area contributed by atoms with Gasteiger partial charge in [-0.25, -0.2) is 0 Å². The van der Waals surface area contributed by atoms with E-state index >= 15 is 0 Å². The number of nitrogens with one attached hydrogen (secondary N) is 1. The van der Waals surface area contributed by atoms with Crippen LogP contribution in [0.2, 0.25) is 5.02 Å². The van der Waals surface area contributed by atoms with Crippen LogP contribution in [0.3, 0.4) is 0 Å². The molecule has 0 aliphatic heterocycles. The monoisotopic (exact) mass is 246 g/mol. The first-order valence-electron chi connectivity index (χ1n) is 5.17. The van der Waals surface area contributed by atoms with Crippen molar-refractivity contribution in [3.8, 4) is 0 Å². The minimum atomic E-state index is 0.550. The van der Waals surface area contributed by atoms with Crippen molar-refractivity contribution in [1.29, 1.82) is 0 Å². The summed E-state index contributed by atoms with van der Waals surface area (Å²) in [5.74, 6) is 0. The van der Waals surface area contributed by atoms with Crippen molar-refractivity contribution in [3.63, 3.8) is 0 Å². The molecule has 0 fully saturated rings. The Bertz CT molecular complexity index is 528. The van der Waals surface area contributed by atoms with E-state index in [1.165, 1.54) is 6.20 Å². The molecule has 0 aliphatic rings. The maximum Gasteiger partial charge on any atom is 0.153 e. The number of benzene rings is 1. The SMILES string of the molecule is O=Cc1cnccc1NCc1cccc(Cl)c1. The van der Waals surface area contributed by atoms with Gasteiger partial charge in [-0.2, -0.15) is 0 Å². The van der Waals surface area contributed by atoms with Crippen LogP contribution < -0.4 is 5.32 Å². The smallest absolute Gasteiger partial charge is 0.153 e. The number of halogens is 1. The summed E-state index contributed by atoms with van der Waals surface area (Å²) in [5.41, 5.74) is 2.38. The molecule has 1 aromatic carbocycles. The van der Waals surface area contributed by atoms with E-state index in [-0.39, 0.29) is 0 Å². The average Bonchev–Trinajstić information content (AvgIpc) is 2.37. The Morgan fingerprint density at radius 3 is 3.00 bits per heavy atom. The zero-order valence-electron chi connectivity index (χ0n) is 9.06. The molecule has 1 N–H and O–H groups in total. The van der Waals surface area contributed by atoms with E-state index in [4.69, 9.17) is 11.6 Å². The number of rotatable bonds is 4. The van der Waals surface area contributed by atoms with E-state index in [0.717, 1.165) is 17.5 Å². The van der Waals surface area contributed by atoms with Crippen LogP contribution in [-0.4, -0.2) is 11.3 Å². The number of anilines is 1. The van der Waals surface area contributed by atoms with E-state index in [9.17, 15) is 4.79 Å². The molecule has 4 heteroatoms. The molecule has 0 radical (unpaired) electrons. The molecule has 0 unspecified atom stereocenters. The summed E-state index contributed by atoms with van der Waals surface area (Å²) in [5, 5.41) is 3.88. The molecule has 86 valence electrons. The first kappa shape index (κ1) is 11.6. The molecular formula is C13H11ClN2O. The quantitative estimate of drug-likeness (QED) is 0.843. The fraction of sp³-hybridized carbons (Fsp3) is 0.0769. The van der Waals surface area contributed by atoms with Gasteiger partial charge in [-0.15, -0.1) is 0 Å². The minimum Gasteiger partial charge on any atom is -0.380 e. The first-order valence-corrected chi connectivity index (χ1v) is 5.55. The van der Waals surface area contributed by atoms with Crippen molar-refractivity contribution in [3.05, 3.63) is 58.9 Å². The number of carbonyl (C=O) groups excluding carboxylic acids is 1. The Balaban J connectivity index is 2.09. The lowest BCUT2D eigenvalue weighted by Gasteiger charge is -2.08. The Labute approximate surface area is 104 Å². The van der Waals surface area contributed by atoms with Gasteiger partial charge in [0, 0.05) is 29.6 Å². The lowest BCUT2D eigenvalue weighted by molar-refractivity contribution is 0.112. The summed E-state index contributed by atoms with van der Waals surface area (Å²) >= 11 is 5.89. The summed E-state index contributed by atoms with van der Waals surface area (Å²) in [6.45, 7) is 0.616. The van der Waals surface area contributed by atoms with Crippen molar-refractivity contribution < 1.29 is 4.79 Å². The van der Waals surface area contributed by atoms with E-state index in [1.807, 2.05) is 24.3 Å². The van der Waals surface area contributed by atoms with Crippen LogP contribution >= 0.6 is 11.6 Å².